The van der Waals surface area contributed by atoms with Crippen LogP contribution in [0.5, 0.6) is 0 Å². The highest BCUT2D eigenvalue weighted by atomic mass is 16.6. The predicted molar refractivity (Wildman–Crippen MR) is 111 cm³/mol. The van der Waals surface area contributed by atoms with Crippen LogP contribution in [0.2, 0.25) is 0 Å². The van der Waals surface area contributed by atoms with Crippen molar-refractivity contribution < 1.29 is 47.7 Å². The van der Waals surface area contributed by atoms with Crippen molar-refractivity contribution in [3.8, 4) is 0 Å². The Morgan fingerprint density at radius 3 is 1.97 bits per heavy atom. The van der Waals surface area contributed by atoms with Gasteiger partial charge in [-0.05, 0) is 12.1 Å². The van der Waals surface area contributed by atoms with Gasteiger partial charge in [0.25, 0.3) is 11.8 Å². The molecule has 0 bridgehead atoms. The number of esters is 3. The van der Waals surface area contributed by atoms with Crippen molar-refractivity contribution in [2.24, 2.45) is 0 Å². The first kappa shape index (κ1) is 23.8. The molecule has 0 saturated carbocycles. The number of hydrogen-bond donors (Lipinski definition) is 0. The van der Waals surface area contributed by atoms with E-state index >= 15 is 0 Å². The maximum absolute atomic E-state index is 13.3. The van der Waals surface area contributed by atoms with Crippen LogP contribution in [0.3, 0.4) is 0 Å². The molecule has 2 saturated heterocycles. The molecule has 0 N–H and O–H groups in total. The molecule has 0 radical (unpaired) electrons. The molecule has 3 heterocycles. The summed E-state index contributed by atoms with van der Waals surface area (Å²) in [6.07, 6.45) is -4.26. The first-order valence-electron chi connectivity index (χ1n) is 10.9. The molecular formula is C23H25NO10. The van der Waals surface area contributed by atoms with Crippen molar-refractivity contribution in [2.75, 3.05) is 13.2 Å². The normalized spacial score (nSPS) is 29.9. The van der Waals surface area contributed by atoms with Crippen LogP contribution in [0.4, 0.5) is 0 Å². The van der Waals surface area contributed by atoms with E-state index in [9.17, 15) is 24.0 Å². The summed E-state index contributed by atoms with van der Waals surface area (Å²) in [4.78, 5) is 63.1. The lowest BCUT2D eigenvalue weighted by Crippen LogP contribution is -2.67. The van der Waals surface area contributed by atoms with E-state index in [-0.39, 0.29) is 30.3 Å². The Balaban J connectivity index is 1.76. The van der Waals surface area contributed by atoms with E-state index in [1.807, 2.05) is 0 Å². The zero-order valence-electron chi connectivity index (χ0n) is 18.9. The molecule has 4 rings (SSSR count). The number of ether oxygens (including phenoxy) is 5. The lowest BCUT2D eigenvalue weighted by molar-refractivity contribution is -0.231. The number of imide groups is 1. The van der Waals surface area contributed by atoms with Gasteiger partial charge in [-0.3, -0.25) is 28.9 Å². The van der Waals surface area contributed by atoms with E-state index in [0.717, 1.165) is 11.8 Å². The van der Waals surface area contributed by atoms with Gasteiger partial charge in [0, 0.05) is 27.2 Å². The summed E-state index contributed by atoms with van der Waals surface area (Å²) in [5.41, 5.74) is 0.420. The summed E-state index contributed by atoms with van der Waals surface area (Å²) in [6.45, 7) is 3.72. The second kappa shape index (κ2) is 9.51. The average Bonchev–Trinajstić information content (AvgIpc) is 3.55. The number of epoxide rings is 1. The molecule has 0 aliphatic carbocycles. The first-order valence-corrected chi connectivity index (χ1v) is 10.9. The zero-order chi connectivity index (χ0) is 24.6. The highest BCUT2D eigenvalue weighted by molar-refractivity contribution is 6.21. The second-order valence-corrected chi connectivity index (χ2v) is 8.37. The van der Waals surface area contributed by atoms with Crippen LogP contribution < -0.4 is 0 Å². The summed E-state index contributed by atoms with van der Waals surface area (Å²) in [7, 11) is 0. The highest BCUT2D eigenvalue weighted by Gasteiger charge is 2.57. The third-order valence-corrected chi connectivity index (χ3v) is 5.83. The predicted octanol–water partition coefficient (Wildman–Crippen LogP) is 0.634. The molecule has 11 heteroatoms. The Hall–Kier alpha value is -3.31. The topological polar surface area (TPSA) is 138 Å². The fourth-order valence-corrected chi connectivity index (χ4v) is 4.45. The molecule has 2 fully saturated rings. The van der Waals surface area contributed by atoms with E-state index in [0.29, 0.717) is 6.61 Å². The van der Waals surface area contributed by atoms with E-state index in [1.165, 1.54) is 26.0 Å². The number of fused-ring (bicyclic) bond motifs is 1. The van der Waals surface area contributed by atoms with Crippen LogP contribution in [0.1, 0.15) is 47.9 Å². The van der Waals surface area contributed by atoms with E-state index in [4.69, 9.17) is 23.7 Å². The third kappa shape index (κ3) is 4.80. The monoisotopic (exact) mass is 475 g/mol. The number of rotatable bonds is 7. The Kier molecular flexibility index (Phi) is 6.67. The molecule has 34 heavy (non-hydrogen) atoms. The maximum atomic E-state index is 13.3. The highest BCUT2D eigenvalue weighted by Crippen LogP contribution is 2.37. The Labute approximate surface area is 195 Å². The number of carbonyl (C=O) groups is 5. The summed E-state index contributed by atoms with van der Waals surface area (Å²) in [5.74, 6) is -3.15. The molecule has 0 spiro atoms. The summed E-state index contributed by atoms with van der Waals surface area (Å²) in [6, 6.07) is 5.23. The molecule has 1 aromatic carbocycles. The zero-order valence-corrected chi connectivity index (χ0v) is 18.9. The van der Waals surface area contributed by atoms with Crippen LogP contribution in [0.15, 0.2) is 24.3 Å². The van der Waals surface area contributed by atoms with Gasteiger partial charge in [-0.25, -0.2) is 0 Å². The van der Waals surface area contributed by atoms with Crippen molar-refractivity contribution in [1.29, 1.82) is 0 Å². The molecule has 0 aromatic heterocycles. The largest absolute Gasteiger partial charge is 0.463 e. The van der Waals surface area contributed by atoms with Crippen LogP contribution in [0.25, 0.3) is 0 Å². The van der Waals surface area contributed by atoms with Gasteiger partial charge in [-0.1, -0.05) is 12.1 Å². The van der Waals surface area contributed by atoms with Gasteiger partial charge in [0.15, 0.2) is 12.2 Å². The quantitative estimate of drug-likeness (QED) is 0.239. The number of benzene rings is 1. The van der Waals surface area contributed by atoms with Crippen molar-refractivity contribution in [1.82, 2.24) is 4.90 Å². The molecule has 182 valence electrons. The fourth-order valence-electron chi connectivity index (χ4n) is 4.45. The van der Waals surface area contributed by atoms with Crippen molar-refractivity contribution in [3.63, 3.8) is 0 Å². The molecule has 1 aromatic rings. The number of nitrogens with zero attached hydrogens (tertiary/aromatic N) is 1. The first-order chi connectivity index (χ1) is 16.2. The van der Waals surface area contributed by atoms with Gasteiger partial charge in [0.2, 0.25) is 0 Å². The van der Waals surface area contributed by atoms with Crippen LogP contribution in [0, 0.1) is 0 Å². The third-order valence-electron chi connectivity index (χ3n) is 5.83. The van der Waals surface area contributed by atoms with Gasteiger partial charge < -0.3 is 23.7 Å². The Morgan fingerprint density at radius 1 is 0.912 bits per heavy atom. The van der Waals surface area contributed by atoms with E-state index in [1.54, 1.807) is 12.1 Å². The SMILES string of the molecule is CC(=O)OC[C@H]1O[C@@H](C[C@H]2CO2)[C@H](N2C(=O)c3ccccc3C2=O)[C@@H](OC(C)=O)[C@@H]1OC(C)=O. The van der Waals surface area contributed by atoms with Crippen molar-refractivity contribution in [3.05, 3.63) is 35.4 Å². The lowest BCUT2D eigenvalue weighted by atomic mass is 9.88. The molecule has 11 nitrogen and oxygen atoms in total. The van der Waals surface area contributed by atoms with Crippen LogP contribution in [-0.4, -0.2) is 84.4 Å². The lowest BCUT2D eigenvalue weighted by Gasteiger charge is -2.47. The maximum Gasteiger partial charge on any atom is 0.303 e. The molecule has 6 atom stereocenters. The summed E-state index contributed by atoms with van der Waals surface area (Å²) in [5, 5.41) is 0. The number of hydrogen-bond acceptors (Lipinski definition) is 10. The Morgan fingerprint density at radius 2 is 1.47 bits per heavy atom. The fraction of sp³-hybridized carbons (Fsp3) is 0.522. The van der Waals surface area contributed by atoms with Crippen LogP contribution in [-0.2, 0) is 38.1 Å². The van der Waals surface area contributed by atoms with Gasteiger partial charge in [-0.2, -0.15) is 0 Å². The molecule has 0 unspecified atom stereocenters. The molecule has 3 aliphatic rings. The minimum Gasteiger partial charge on any atom is -0.463 e. The second-order valence-electron chi connectivity index (χ2n) is 8.37. The minimum absolute atomic E-state index is 0.180. The molecule has 2 amide bonds. The number of carbonyl (C=O) groups excluding carboxylic acids is 5. The van der Waals surface area contributed by atoms with Crippen molar-refractivity contribution >= 4 is 29.7 Å². The molecular weight excluding hydrogens is 450 g/mol. The van der Waals surface area contributed by atoms with Gasteiger partial charge >= 0.3 is 17.9 Å². The molecule has 3 aliphatic heterocycles. The minimum atomic E-state index is -1.26. The van der Waals surface area contributed by atoms with Gasteiger partial charge in [0.05, 0.1) is 29.9 Å². The van der Waals surface area contributed by atoms with E-state index < -0.39 is 60.2 Å². The van der Waals surface area contributed by atoms with Gasteiger partial charge in [-0.15, -0.1) is 0 Å². The standard InChI is InChI=1S/C23H25NO10/c1-11(25)30-10-18-20(32-12(2)26)21(33-13(3)27)19(17(34-18)8-14-9-31-14)24-22(28)15-6-4-5-7-16(15)23(24)29/h4-7,14,17-21H,8-10H2,1-3H3/t14-,17-,18+,19-,20+,21+/m0/s1. The van der Waals surface area contributed by atoms with Crippen molar-refractivity contribution in [2.45, 2.75) is 63.8 Å². The average molecular weight is 475 g/mol. The number of amides is 2. The van der Waals surface area contributed by atoms with Crippen LogP contribution >= 0.6 is 0 Å². The van der Waals surface area contributed by atoms with E-state index in [2.05, 4.69) is 0 Å². The van der Waals surface area contributed by atoms with Gasteiger partial charge in [0.1, 0.15) is 18.8 Å². The summed E-state index contributed by atoms with van der Waals surface area (Å²) >= 11 is 0. The smallest absolute Gasteiger partial charge is 0.303 e. The summed E-state index contributed by atoms with van der Waals surface area (Å²) < 4.78 is 27.6. The Bertz CT molecular complexity index is 984.